The molecule has 1 aromatic rings. The summed E-state index contributed by atoms with van der Waals surface area (Å²) in [5.41, 5.74) is 1.32. The number of nitrogens with zero attached hydrogens (tertiary/aromatic N) is 1. The van der Waals surface area contributed by atoms with Crippen LogP contribution in [-0.4, -0.2) is 43.3 Å². The van der Waals surface area contributed by atoms with Gasteiger partial charge in [-0.2, -0.15) is 0 Å². The lowest BCUT2D eigenvalue weighted by molar-refractivity contribution is 0.0279. The minimum atomic E-state index is -0.0428. The van der Waals surface area contributed by atoms with Crippen molar-refractivity contribution in [2.24, 2.45) is 5.92 Å². The zero-order chi connectivity index (χ0) is 14.5. The summed E-state index contributed by atoms with van der Waals surface area (Å²) in [7, 11) is 4.20. The Bertz CT molecular complexity index is 421. The topological polar surface area (TPSA) is 35.5 Å². The second-order valence-corrected chi connectivity index (χ2v) is 6.76. The number of nitrogens with one attached hydrogen (secondary N) is 1. The van der Waals surface area contributed by atoms with Gasteiger partial charge >= 0.3 is 0 Å². The summed E-state index contributed by atoms with van der Waals surface area (Å²) >= 11 is 3.63. The molecule has 0 bridgehead atoms. The molecule has 1 atom stereocenters. The molecule has 1 fully saturated rings. The van der Waals surface area contributed by atoms with Gasteiger partial charge < -0.3 is 15.3 Å². The first-order valence-corrected chi connectivity index (χ1v) is 8.17. The number of benzene rings is 1. The molecule has 4 heteroatoms. The van der Waals surface area contributed by atoms with Gasteiger partial charge in [0.15, 0.2) is 0 Å². The zero-order valence-electron chi connectivity index (χ0n) is 12.3. The SMILES string of the molecule is CNC(CCN(C)CC1CC(O)C1)c1ccccc1Br. The van der Waals surface area contributed by atoms with E-state index in [1.165, 1.54) is 10.0 Å². The maximum atomic E-state index is 9.33. The molecule has 1 unspecified atom stereocenters. The third-order valence-electron chi connectivity index (χ3n) is 4.21. The first-order chi connectivity index (χ1) is 9.60. The number of aliphatic hydroxyl groups excluding tert-OH is 1. The van der Waals surface area contributed by atoms with E-state index in [9.17, 15) is 5.11 Å². The second-order valence-electron chi connectivity index (χ2n) is 5.90. The van der Waals surface area contributed by atoms with Crippen LogP contribution in [0.3, 0.4) is 0 Å². The van der Waals surface area contributed by atoms with Gasteiger partial charge in [-0.1, -0.05) is 34.1 Å². The molecule has 0 spiro atoms. The molecule has 0 aromatic heterocycles. The molecule has 2 N–H and O–H groups in total. The largest absolute Gasteiger partial charge is 0.393 e. The van der Waals surface area contributed by atoms with E-state index >= 15 is 0 Å². The lowest BCUT2D eigenvalue weighted by Crippen LogP contribution is -2.38. The van der Waals surface area contributed by atoms with Crippen LogP contribution in [0, 0.1) is 5.92 Å². The molecule has 0 amide bonds. The highest BCUT2D eigenvalue weighted by molar-refractivity contribution is 9.10. The molecule has 0 saturated heterocycles. The van der Waals surface area contributed by atoms with Gasteiger partial charge in [0, 0.05) is 17.1 Å². The maximum absolute atomic E-state index is 9.33. The van der Waals surface area contributed by atoms with Crippen molar-refractivity contribution in [3.05, 3.63) is 34.3 Å². The summed E-state index contributed by atoms with van der Waals surface area (Å²) in [5.74, 6) is 0.687. The van der Waals surface area contributed by atoms with Crippen molar-refractivity contribution in [2.75, 3.05) is 27.2 Å². The predicted molar refractivity (Wildman–Crippen MR) is 86.8 cm³/mol. The van der Waals surface area contributed by atoms with Crippen molar-refractivity contribution >= 4 is 15.9 Å². The Labute approximate surface area is 130 Å². The predicted octanol–water partition coefficient (Wildman–Crippen LogP) is 2.80. The van der Waals surface area contributed by atoms with Crippen LogP contribution in [0.2, 0.25) is 0 Å². The molecule has 1 aliphatic carbocycles. The molecule has 1 aromatic carbocycles. The molecule has 0 radical (unpaired) electrons. The Morgan fingerprint density at radius 2 is 2.10 bits per heavy atom. The molecule has 1 aliphatic rings. The summed E-state index contributed by atoms with van der Waals surface area (Å²) in [5, 5.41) is 12.7. The molecule has 20 heavy (non-hydrogen) atoms. The lowest BCUT2D eigenvalue weighted by atomic mass is 9.82. The maximum Gasteiger partial charge on any atom is 0.0546 e. The van der Waals surface area contributed by atoms with Gasteiger partial charge in [0.2, 0.25) is 0 Å². The van der Waals surface area contributed by atoms with Gasteiger partial charge in [-0.25, -0.2) is 0 Å². The van der Waals surface area contributed by atoms with Crippen LogP contribution < -0.4 is 5.32 Å². The monoisotopic (exact) mass is 340 g/mol. The molecular weight excluding hydrogens is 316 g/mol. The van der Waals surface area contributed by atoms with Crippen molar-refractivity contribution in [3.8, 4) is 0 Å². The summed E-state index contributed by atoms with van der Waals surface area (Å²) in [6.45, 7) is 2.17. The Kier molecular flexibility index (Phi) is 6.02. The number of hydrogen-bond donors (Lipinski definition) is 2. The fourth-order valence-corrected chi connectivity index (χ4v) is 3.51. The Hall–Kier alpha value is -0.420. The van der Waals surface area contributed by atoms with E-state index in [0.717, 1.165) is 32.4 Å². The van der Waals surface area contributed by atoms with E-state index in [1.807, 2.05) is 13.1 Å². The first-order valence-electron chi connectivity index (χ1n) is 7.38. The van der Waals surface area contributed by atoms with Crippen molar-refractivity contribution in [1.82, 2.24) is 10.2 Å². The van der Waals surface area contributed by atoms with E-state index in [1.54, 1.807) is 0 Å². The van der Waals surface area contributed by atoms with E-state index < -0.39 is 0 Å². The minimum Gasteiger partial charge on any atom is -0.393 e. The number of hydrogen-bond acceptors (Lipinski definition) is 3. The standard InChI is InChI=1S/C16H25BrN2O/c1-18-16(14-5-3-4-6-15(14)17)7-8-19(2)11-12-9-13(20)10-12/h3-6,12-13,16,18,20H,7-11H2,1-2H3. The average molecular weight is 341 g/mol. The number of rotatable bonds is 7. The summed E-state index contributed by atoms with van der Waals surface area (Å²) in [4.78, 5) is 2.39. The van der Waals surface area contributed by atoms with Crippen LogP contribution in [0.15, 0.2) is 28.7 Å². The van der Waals surface area contributed by atoms with Crippen LogP contribution in [0.1, 0.15) is 30.9 Å². The third kappa shape index (κ3) is 4.29. The minimum absolute atomic E-state index is 0.0428. The van der Waals surface area contributed by atoms with Crippen molar-refractivity contribution in [1.29, 1.82) is 0 Å². The summed E-state index contributed by atoms with van der Waals surface area (Å²) < 4.78 is 1.17. The van der Waals surface area contributed by atoms with E-state index in [2.05, 4.69) is 51.4 Å². The fourth-order valence-electron chi connectivity index (χ4n) is 2.94. The van der Waals surface area contributed by atoms with Crippen molar-refractivity contribution in [2.45, 2.75) is 31.4 Å². The summed E-state index contributed by atoms with van der Waals surface area (Å²) in [6, 6.07) is 8.78. The molecule has 0 aliphatic heterocycles. The molecule has 0 heterocycles. The smallest absolute Gasteiger partial charge is 0.0546 e. The number of aliphatic hydroxyl groups is 1. The van der Waals surface area contributed by atoms with Crippen LogP contribution in [0.25, 0.3) is 0 Å². The lowest BCUT2D eigenvalue weighted by Gasteiger charge is -2.34. The molecule has 1 saturated carbocycles. The van der Waals surface area contributed by atoms with Crippen LogP contribution in [0.5, 0.6) is 0 Å². The fraction of sp³-hybridized carbons (Fsp3) is 0.625. The average Bonchev–Trinajstić information content (AvgIpc) is 2.39. The normalized spacial score (nSPS) is 23.6. The van der Waals surface area contributed by atoms with Gasteiger partial charge in [-0.3, -0.25) is 0 Å². The van der Waals surface area contributed by atoms with Gasteiger partial charge in [-0.15, -0.1) is 0 Å². The Morgan fingerprint density at radius 1 is 1.40 bits per heavy atom. The third-order valence-corrected chi connectivity index (χ3v) is 4.93. The van der Waals surface area contributed by atoms with Crippen LogP contribution in [-0.2, 0) is 0 Å². The van der Waals surface area contributed by atoms with E-state index in [4.69, 9.17) is 0 Å². The first kappa shape index (κ1) is 16.0. The highest BCUT2D eigenvalue weighted by Gasteiger charge is 2.27. The van der Waals surface area contributed by atoms with Crippen LogP contribution in [0.4, 0.5) is 0 Å². The number of halogens is 1. The van der Waals surface area contributed by atoms with E-state index in [0.29, 0.717) is 12.0 Å². The molecule has 2 rings (SSSR count). The van der Waals surface area contributed by atoms with Gasteiger partial charge in [0.1, 0.15) is 0 Å². The van der Waals surface area contributed by atoms with Crippen molar-refractivity contribution < 1.29 is 5.11 Å². The zero-order valence-corrected chi connectivity index (χ0v) is 13.9. The van der Waals surface area contributed by atoms with Gasteiger partial charge in [0.25, 0.3) is 0 Å². The van der Waals surface area contributed by atoms with E-state index in [-0.39, 0.29) is 6.10 Å². The second kappa shape index (κ2) is 7.55. The Morgan fingerprint density at radius 3 is 2.70 bits per heavy atom. The van der Waals surface area contributed by atoms with Gasteiger partial charge in [-0.05, 0) is 57.5 Å². The molecule has 112 valence electrons. The quantitative estimate of drug-likeness (QED) is 0.801. The molecule has 3 nitrogen and oxygen atoms in total. The summed E-state index contributed by atoms with van der Waals surface area (Å²) in [6.07, 6.45) is 3.00. The Balaban J connectivity index is 1.80. The van der Waals surface area contributed by atoms with Crippen LogP contribution >= 0.6 is 15.9 Å². The molecular formula is C16H25BrN2O. The highest BCUT2D eigenvalue weighted by atomic mass is 79.9. The van der Waals surface area contributed by atoms with Crippen molar-refractivity contribution in [3.63, 3.8) is 0 Å². The van der Waals surface area contributed by atoms with Gasteiger partial charge in [0.05, 0.1) is 6.10 Å². The highest BCUT2D eigenvalue weighted by Crippen LogP contribution is 2.28.